The molecule has 0 amide bonds. The second kappa shape index (κ2) is 3.36. The molecule has 2 rings (SSSR count). The van der Waals surface area contributed by atoms with E-state index in [4.69, 9.17) is 0 Å². The molecule has 0 aliphatic carbocycles. The van der Waals surface area contributed by atoms with Crippen molar-refractivity contribution in [3.8, 4) is 0 Å². The quantitative estimate of drug-likeness (QED) is 0.313. The molecule has 0 atom stereocenters. The summed E-state index contributed by atoms with van der Waals surface area (Å²) in [4.78, 5) is 41.0. The Labute approximate surface area is 91.9 Å². The van der Waals surface area contributed by atoms with Crippen molar-refractivity contribution >= 4 is 11.2 Å². The van der Waals surface area contributed by atoms with Gasteiger partial charge in [0.25, 0.3) is 5.56 Å². The molecule has 0 aromatic carbocycles. The molecular formula is C5H4N4NaO3+. The zero-order valence-electron chi connectivity index (χ0n) is 6.72. The number of nitrogens with one attached hydrogen (secondary N) is 4. The fraction of sp³-hybridized carbons (Fsp3) is 0. The molecule has 8 heteroatoms. The summed E-state index contributed by atoms with van der Waals surface area (Å²) in [5.74, 6) is 0. The number of rotatable bonds is 0. The van der Waals surface area contributed by atoms with Crippen LogP contribution in [0.3, 0.4) is 0 Å². The third-order valence-corrected chi connectivity index (χ3v) is 1.42. The second-order valence-corrected chi connectivity index (χ2v) is 2.24. The van der Waals surface area contributed by atoms with E-state index in [-0.39, 0.29) is 40.7 Å². The van der Waals surface area contributed by atoms with E-state index in [1.165, 1.54) is 0 Å². The topological polar surface area (TPSA) is 114 Å². The average molecular weight is 191 g/mol. The monoisotopic (exact) mass is 191 g/mol. The molecule has 0 spiro atoms. The molecule has 0 saturated carbocycles. The van der Waals surface area contributed by atoms with Crippen LogP contribution in [0.4, 0.5) is 0 Å². The van der Waals surface area contributed by atoms with E-state index in [1.54, 1.807) is 0 Å². The van der Waals surface area contributed by atoms with Crippen LogP contribution in [0.25, 0.3) is 11.2 Å². The molecule has 7 nitrogen and oxygen atoms in total. The predicted octanol–water partition coefficient (Wildman–Crippen LogP) is -4.76. The van der Waals surface area contributed by atoms with Gasteiger partial charge in [-0.25, -0.2) is 9.59 Å². The third-order valence-electron chi connectivity index (χ3n) is 1.42. The fourth-order valence-electron chi connectivity index (χ4n) is 0.958. The normalized spacial score (nSPS) is 9.85. The largest absolute Gasteiger partial charge is 1.00 e. The van der Waals surface area contributed by atoms with E-state index in [2.05, 4.69) is 15.0 Å². The smallest absolute Gasteiger partial charge is 0.300 e. The minimum absolute atomic E-state index is 0. The van der Waals surface area contributed by atoms with E-state index in [9.17, 15) is 14.4 Å². The number of imidazole rings is 1. The molecule has 2 aromatic rings. The maximum Gasteiger partial charge on any atom is 1.00 e. The van der Waals surface area contributed by atoms with Crippen LogP contribution in [-0.2, 0) is 0 Å². The molecule has 0 unspecified atom stereocenters. The minimum atomic E-state index is -0.650. The van der Waals surface area contributed by atoms with Crippen LogP contribution in [0.15, 0.2) is 14.4 Å². The van der Waals surface area contributed by atoms with Crippen molar-refractivity contribution < 1.29 is 29.6 Å². The van der Waals surface area contributed by atoms with Crippen LogP contribution >= 0.6 is 0 Å². The number of hydrogen-bond acceptors (Lipinski definition) is 3. The maximum atomic E-state index is 10.9. The summed E-state index contributed by atoms with van der Waals surface area (Å²) in [5, 5.41) is 0. The molecule has 0 aliphatic heterocycles. The van der Waals surface area contributed by atoms with Crippen molar-refractivity contribution in [3.63, 3.8) is 0 Å². The first-order valence-electron chi connectivity index (χ1n) is 3.11. The molecule has 62 valence electrons. The Balaban J connectivity index is 0.000000845. The Kier molecular flexibility index (Phi) is 2.60. The van der Waals surface area contributed by atoms with Gasteiger partial charge in [-0.15, -0.1) is 0 Å². The molecule has 0 aliphatic rings. The molecule has 13 heavy (non-hydrogen) atoms. The van der Waals surface area contributed by atoms with Gasteiger partial charge in [-0.1, -0.05) is 0 Å². The number of fused-ring (bicyclic) bond motifs is 1. The summed E-state index contributed by atoms with van der Waals surface area (Å²) < 4.78 is 0. The van der Waals surface area contributed by atoms with Gasteiger partial charge in [0.05, 0.1) is 0 Å². The number of H-pyrrole nitrogens is 4. The van der Waals surface area contributed by atoms with Gasteiger partial charge >= 0.3 is 40.9 Å². The summed E-state index contributed by atoms with van der Waals surface area (Å²) in [5.41, 5.74) is -1.65. The zero-order valence-corrected chi connectivity index (χ0v) is 8.72. The van der Waals surface area contributed by atoms with Gasteiger partial charge in [0.15, 0.2) is 0 Å². The standard InChI is InChI=1S/C5H4N4O3.Na/c10-3-1-2(7-4(11)6-1)8-5(12)9-3;/h(H4,6,7,8,9,10,11,12);/q;+1. The predicted molar refractivity (Wildman–Crippen MR) is 40.2 cm³/mol. The Bertz CT molecular complexity index is 588. The summed E-state index contributed by atoms with van der Waals surface area (Å²) in [7, 11) is 0. The average Bonchev–Trinajstić information content (AvgIpc) is 2.29. The van der Waals surface area contributed by atoms with Gasteiger partial charge in [0, 0.05) is 0 Å². The second-order valence-electron chi connectivity index (χ2n) is 2.24. The molecule has 2 aromatic heterocycles. The number of aromatic amines is 4. The first-order valence-corrected chi connectivity index (χ1v) is 3.11. The molecule has 0 saturated heterocycles. The maximum absolute atomic E-state index is 10.9. The Morgan fingerprint density at radius 3 is 1.92 bits per heavy atom. The minimum Gasteiger partial charge on any atom is -0.300 e. The summed E-state index contributed by atoms with van der Waals surface area (Å²) in [6, 6.07) is 0. The van der Waals surface area contributed by atoms with Crippen LogP contribution in [-0.4, -0.2) is 19.9 Å². The fourth-order valence-corrected chi connectivity index (χ4v) is 0.958. The first-order chi connectivity index (χ1) is 5.66. The Morgan fingerprint density at radius 2 is 1.31 bits per heavy atom. The van der Waals surface area contributed by atoms with Gasteiger partial charge < -0.3 is 0 Å². The van der Waals surface area contributed by atoms with Gasteiger partial charge in [-0.3, -0.25) is 24.7 Å². The molecular weight excluding hydrogens is 187 g/mol. The molecule has 0 fully saturated rings. The van der Waals surface area contributed by atoms with Crippen LogP contribution in [0.5, 0.6) is 0 Å². The van der Waals surface area contributed by atoms with Gasteiger partial charge in [-0.05, 0) is 0 Å². The van der Waals surface area contributed by atoms with Crippen LogP contribution in [0.2, 0.25) is 0 Å². The summed E-state index contributed by atoms with van der Waals surface area (Å²) >= 11 is 0. The van der Waals surface area contributed by atoms with Crippen molar-refractivity contribution in [3.05, 3.63) is 31.3 Å². The first kappa shape index (κ1) is 10.0. The van der Waals surface area contributed by atoms with Crippen LogP contribution in [0, 0.1) is 0 Å². The molecule has 0 bridgehead atoms. The Morgan fingerprint density at radius 1 is 0.769 bits per heavy atom. The summed E-state index contributed by atoms with van der Waals surface area (Å²) in [6.45, 7) is 0. The molecule has 4 N–H and O–H groups in total. The zero-order chi connectivity index (χ0) is 8.72. The summed E-state index contributed by atoms with van der Waals surface area (Å²) in [6.07, 6.45) is 0. The van der Waals surface area contributed by atoms with Crippen molar-refractivity contribution in [1.82, 2.24) is 19.9 Å². The third kappa shape index (κ3) is 1.67. The van der Waals surface area contributed by atoms with Gasteiger partial charge in [0.2, 0.25) is 0 Å². The van der Waals surface area contributed by atoms with Crippen molar-refractivity contribution in [2.45, 2.75) is 0 Å². The van der Waals surface area contributed by atoms with E-state index in [1.807, 2.05) is 4.98 Å². The van der Waals surface area contributed by atoms with Crippen LogP contribution in [0.1, 0.15) is 0 Å². The molecule has 0 radical (unpaired) electrons. The van der Waals surface area contributed by atoms with Crippen molar-refractivity contribution in [2.75, 3.05) is 0 Å². The van der Waals surface area contributed by atoms with Crippen molar-refractivity contribution in [2.24, 2.45) is 0 Å². The number of hydrogen-bond donors (Lipinski definition) is 4. The molecule has 2 heterocycles. The van der Waals surface area contributed by atoms with Gasteiger partial charge in [-0.2, -0.15) is 0 Å². The number of aromatic nitrogens is 4. The van der Waals surface area contributed by atoms with E-state index < -0.39 is 16.9 Å². The van der Waals surface area contributed by atoms with Crippen LogP contribution < -0.4 is 46.5 Å². The van der Waals surface area contributed by atoms with Crippen molar-refractivity contribution in [1.29, 1.82) is 0 Å². The van der Waals surface area contributed by atoms with E-state index >= 15 is 0 Å². The Hall–Kier alpha value is -1.05. The van der Waals surface area contributed by atoms with E-state index in [0.29, 0.717) is 0 Å². The van der Waals surface area contributed by atoms with Gasteiger partial charge in [0.1, 0.15) is 11.2 Å². The van der Waals surface area contributed by atoms with E-state index in [0.717, 1.165) is 0 Å². The SMILES string of the molecule is O=c1[nH]c(=O)c2[nH]c(=O)[nH]c2[nH]1.[Na+].